The molecule has 0 aromatic carbocycles. The molecule has 0 saturated heterocycles. The molecule has 0 aromatic rings. The van der Waals surface area contributed by atoms with E-state index in [1.165, 1.54) is 25.7 Å². The molecule has 0 amide bonds. The number of carbonyl (C=O) groups is 1. The Morgan fingerprint density at radius 3 is 1.94 bits per heavy atom. The second-order valence-electron chi connectivity index (χ2n) is 5.78. The normalized spacial score (nSPS) is 33.4. The van der Waals surface area contributed by atoms with Crippen LogP contribution in [0.1, 0.15) is 58.3 Å². The van der Waals surface area contributed by atoms with Gasteiger partial charge in [0.2, 0.25) is 0 Å². The fraction of sp³-hybridized carbons (Fsp3) is 0.800. The molecule has 0 N–H and O–H groups in total. The molecule has 0 bridgehead atoms. The quantitative estimate of drug-likeness (QED) is 0.639. The molecule has 0 aromatic heterocycles. The zero-order valence-corrected chi connectivity index (χ0v) is 10.5. The Balaban J connectivity index is 1.74. The van der Waals surface area contributed by atoms with Gasteiger partial charge in [-0.15, -0.1) is 0 Å². The van der Waals surface area contributed by atoms with Crippen LogP contribution >= 0.6 is 0 Å². The van der Waals surface area contributed by atoms with Crippen LogP contribution in [0.25, 0.3) is 0 Å². The second kappa shape index (κ2) is 5.65. The predicted octanol–water partition coefficient (Wildman–Crippen LogP) is 4.13. The summed E-state index contributed by atoms with van der Waals surface area (Å²) < 4.78 is 0. The number of allylic oxidation sites excluding steroid dienone is 2. The lowest BCUT2D eigenvalue weighted by Crippen LogP contribution is -2.13. The lowest BCUT2D eigenvalue weighted by Gasteiger charge is -2.24. The van der Waals surface area contributed by atoms with Crippen molar-refractivity contribution >= 4 is 5.78 Å². The SMILES string of the molecule is CC1CCC(/C=C/C2CCC(=O)CC2)CC1. The van der Waals surface area contributed by atoms with Crippen LogP contribution in [0.2, 0.25) is 0 Å². The number of Topliss-reactive ketones (excluding diaryl/α,β-unsaturated/α-hetero) is 1. The third kappa shape index (κ3) is 3.47. The topological polar surface area (TPSA) is 17.1 Å². The molecular weight excluding hydrogens is 196 g/mol. The van der Waals surface area contributed by atoms with Crippen LogP contribution < -0.4 is 0 Å². The molecule has 2 aliphatic carbocycles. The summed E-state index contributed by atoms with van der Waals surface area (Å²) in [6.45, 7) is 2.37. The maximum Gasteiger partial charge on any atom is 0.132 e. The molecular formula is C15H24O. The van der Waals surface area contributed by atoms with Crippen LogP contribution in [0, 0.1) is 17.8 Å². The molecule has 2 aliphatic rings. The van der Waals surface area contributed by atoms with Crippen LogP contribution in [-0.2, 0) is 4.79 Å². The lowest BCUT2D eigenvalue weighted by atomic mass is 9.81. The van der Waals surface area contributed by atoms with Gasteiger partial charge >= 0.3 is 0 Å². The molecule has 0 unspecified atom stereocenters. The Hall–Kier alpha value is -0.590. The van der Waals surface area contributed by atoms with Gasteiger partial charge in [-0.05, 0) is 43.4 Å². The van der Waals surface area contributed by atoms with E-state index in [2.05, 4.69) is 19.1 Å². The van der Waals surface area contributed by atoms with Gasteiger partial charge in [0.05, 0.1) is 0 Å². The first kappa shape index (κ1) is 11.9. The third-order valence-electron chi connectivity index (χ3n) is 4.30. The molecule has 0 aliphatic heterocycles. The fourth-order valence-corrected chi connectivity index (χ4v) is 2.95. The summed E-state index contributed by atoms with van der Waals surface area (Å²) in [7, 11) is 0. The summed E-state index contributed by atoms with van der Waals surface area (Å²) in [5, 5.41) is 0. The van der Waals surface area contributed by atoms with Crippen molar-refractivity contribution < 1.29 is 4.79 Å². The Labute approximate surface area is 99.3 Å². The zero-order valence-electron chi connectivity index (χ0n) is 10.5. The third-order valence-corrected chi connectivity index (χ3v) is 4.30. The van der Waals surface area contributed by atoms with Gasteiger partial charge in [0.15, 0.2) is 0 Å². The monoisotopic (exact) mass is 220 g/mol. The maximum atomic E-state index is 11.1. The number of hydrogen-bond donors (Lipinski definition) is 0. The summed E-state index contributed by atoms with van der Waals surface area (Å²) in [5.74, 6) is 2.93. The Morgan fingerprint density at radius 2 is 1.38 bits per heavy atom. The van der Waals surface area contributed by atoms with Crippen LogP contribution in [0.15, 0.2) is 12.2 Å². The molecule has 0 spiro atoms. The van der Waals surface area contributed by atoms with Crippen LogP contribution in [0.3, 0.4) is 0 Å². The minimum atomic E-state index is 0.469. The summed E-state index contributed by atoms with van der Waals surface area (Å²) in [6, 6.07) is 0. The van der Waals surface area contributed by atoms with Crippen LogP contribution in [0.4, 0.5) is 0 Å². The predicted molar refractivity (Wildman–Crippen MR) is 67.2 cm³/mol. The number of carbonyl (C=O) groups excluding carboxylic acids is 1. The number of hydrogen-bond acceptors (Lipinski definition) is 1. The average molecular weight is 220 g/mol. The second-order valence-corrected chi connectivity index (χ2v) is 5.78. The smallest absolute Gasteiger partial charge is 0.132 e. The van der Waals surface area contributed by atoms with Gasteiger partial charge in [-0.2, -0.15) is 0 Å². The van der Waals surface area contributed by atoms with Gasteiger partial charge in [-0.3, -0.25) is 4.79 Å². The largest absolute Gasteiger partial charge is 0.300 e. The van der Waals surface area contributed by atoms with Crippen molar-refractivity contribution in [2.75, 3.05) is 0 Å². The highest BCUT2D eigenvalue weighted by Gasteiger charge is 2.18. The fourth-order valence-electron chi connectivity index (χ4n) is 2.95. The first-order valence-corrected chi connectivity index (χ1v) is 6.94. The van der Waals surface area contributed by atoms with E-state index < -0.39 is 0 Å². The minimum Gasteiger partial charge on any atom is -0.300 e. The minimum absolute atomic E-state index is 0.469. The Kier molecular flexibility index (Phi) is 4.20. The molecule has 16 heavy (non-hydrogen) atoms. The van der Waals surface area contributed by atoms with Gasteiger partial charge in [-0.1, -0.05) is 31.9 Å². The molecule has 0 radical (unpaired) electrons. The van der Waals surface area contributed by atoms with Crippen LogP contribution in [-0.4, -0.2) is 5.78 Å². The van der Waals surface area contributed by atoms with Crippen LogP contribution in [0.5, 0.6) is 0 Å². The lowest BCUT2D eigenvalue weighted by molar-refractivity contribution is -0.120. The summed E-state index contributed by atoms with van der Waals surface area (Å²) in [6.07, 6.45) is 14.2. The molecule has 2 fully saturated rings. The number of ketones is 1. The van der Waals surface area contributed by atoms with Crippen molar-refractivity contribution in [2.45, 2.75) is 58.3 Å². The molecule has 2 rings (SSSR count). The summed E-state index contributed by atoms with van der Waals surface area (Å²) in [5.41, 5.74) is 0. The van der Waals surface area contributed by atoms with Crippen molar-refractivity contribution in [3.8, 4) is 0 Å². The maximum absolute atomic E-state index is 11.1. The highest BCUT2D eigenvalue weighted by molar-refractivity contribution is 5.79. The van der Waals surface area contributed by atoms with E-state index in [1.54, 1.807) is 0 Å². The van der Waals surface area contributed by atoms with Gasteiger partial charge < -0.3 is 0 Å². The van der Waals surface area contributed by atoms with E-state index in [4.69, 9.17) is 0 Å². The first-order valence-electron chi connectivity index (χ1n) is 6.94. The van der Waals surface area contributed by atoms with Crippen molar-refractivity contribution in [1.82, 2.24) is 0 Å². The standard InChI is InChI=1S/C15H24O/c1-12-2-4-13(5-3-12)6-7-14-8-10-15(16)11-9-14/h6-7,12-14H,2-5,8-11H2,1H3/b7-6+. The van der Waals surface area contributed by atoms with E-state index in [1.807, 2.05) is 0 Å². The van der Waals surface area contributed by atoms with Crippen molar-refractivity contribution in [1.29, 1.82) is 0 Å². The number of rotatable bonds is 2. The Morgan fingerprint density at radius 1 is 0.875 bits per heavy atom. The van der Waals surface area contributed by atoms with E-state index in [0.29, 0.717) is 11.7 Å². The van der Waals surface area contributed by atoms with Gasteiger partial charge in [0.1, 0.15) is 5.78 Å². The molecule has 2 saturated carbocycles. The van der Waals surface area contributed by atoms with Crippen molar-refractivity contribution in [2.24, 2.45) is 17.8 Å². The molecule has 0 heterocycles. The average Bonchev–Trinajstić information content (AvgIpc) is 2.30. The van der Waals surface area contributed by atoms with Crippen molar-refractivity contribution in [3.63, 3.8) is 0 Å². The van der Waals surface area contributed by atoms with E-state index in [-0.39, 0.29) is 0 Å². The van der Waals surface area contributed by atoms with E-state index in [9.17, 15) is 4.79 Å². The van der Waals surface area contributed by atoms with E-state index >= 15 is 0 Å². The van der Waals surface area contributed by atoms with Gasteiger partial charge in [-0.25, -0.2) is 0 Å². The molecule has 90 valence electrons. The van der Waals surface area contributed by atoms with Crippen molar-refractivity contribution in [3.05, 3.63) is 12.2 Å². The van der Waals surface area contributed by atoms with Gasteiger partial charge in [0.25, 0.3) is 0 Å². The summed E-state index contributed by atoms with van der Waals surface area (Å²) >= 11 is 0. The first-order chi connectivity index (χ1) is 7.74. The molecule has 0 atom stereocenters. The molecule has 1 heteroatoms. The summed E-state index contributed by atoms with van der Waals surface area (Å²) in [4.78, 5) is 11.1. The molecule has 1 nitrogen and oxygen atoms in total. The zero-order chi connectivity index (χ0) is 11.4. The van der Waals surface area contributed by atoms with E-state index in [0.717, 1.165) is 37.5 Å². The highest BCUT2D eigenvalue weighted by Crippen LogP contribution is 2.30. The Bertz CT molecular complexity index is 249. The van der Waals surface area contributed by atoms with Gasteiger partial charge in [0, 0.05) is 12.8 Å². The highest BCUT2D eigenvalue weighted by atomic mass is 16.1.